The smallest absolute Gasteiger partial charge is 0.255 e. The van der Waals surface area contributed by atoms with E-state index in [1.807, 2.05) is 36.5 Å². The van der Waals surface area contributed by atoms with Crippen LogP contribution in [0.2, 0.25) is 0 Å². The largest absolute Gasteiger partial charge is 0.496 e. The van der Waals surface area contributed by atoms with Gasteiger partial charge in [-0.05, 0) is 78.7 Å². The lowest BCUT2D eigenvalue weighted by Crippen LogP contribution is -2.26. The molecule has 0 saturated carbocycles. The highest BCUT2D eigenvalue weighted by Gasteiger charge is 2.15. The summed E-state index contributed by atoms with van der Waals surface area (Å²) in [5.74, 6) is 0.311. The molecule has 194 valence electrons. The lowest BCUT2D eigenvalue weighted by atomic mass is 9.99. The van der Waals surface area contributed by atoms with Crippen LogP contribution >= 0.6 is 0 Å². The highest BCUT2D eigenvalue weighted by molar-refractivity contribution is 6.04. The number of fused-ring (bicyclic) bond motifs is 1. The summed E-state index contributed by atoms with van der Waals surface area (Å²) in [5.41, 5.74) is 6.13. The number of carbonyl (C=O) groups excluding carboxylic acids is 2. The number of ether oxygens (including phenoxy) is 1. The van der Waals surface area contributed by atoms with Crippen LogP contribution in [0.15, 0.2) is 79.1 Å². The fourth-order valence-electron chi connectivity index (χ4n) is 4.70. The minimum atomic E-state index is -0.205. The number of nitrogens with one attached hydrogen (secondary N) is 2. The summed E-state index contributed by atoms with van der Waals surface area (Å²) in [7, 11) is 3.71. The molecule has 0 radical (unpaired) electrons. The second kappa shape index (κ2) is 11.3. The number of nitrogens with zero attached hydrogens (tertiary/aromatic N) is 3. The summed E-state index contributed by atoms with van der Waals surface area (Å²) in [6, 6.07) is 20.6. The highest BCUT2D eigenvalue weighted by atomic mass is 16.5. The van der Waals surface area contributed by atoms with E-state index in [1.54, 1.807) is 42.3 Å². The Morgan fingerprint density at radius 3 is 2.66 bits per heavy atom. The molecule has 0 bridgehead atoms. The van der Waals surface area contributed by atoms with Gasteiger partial charge in [0.05, 0.1) is 13.7 Å². The van der Waals surface area contributed by atoms with Crippen molar-refractivity contribution in [3.63, 3.8) is 0 Å². The van der Waals surface area contributed by atoms with Crippen molar-refractivity contribution in [2.75, 3.05) is 26.0 Å². The molecule has 0 aliphatic carbocycles. The maximum Gasteiger partial charge on any atom is 0.255 e. The maximum atomic E-state index is 13.0. The number of benzene rings is 3. The van der Waals surface area contributed by atoms with E-state index in [1.165, 1.54) is 11.1 Å². The van der Waals surface area contributed by atoms with Gasteiger partial charge < -0.3 is 20.3 Å². The van der Waals surface area contributed by atoms with Crippen LogP contribution in [0.4, 0.5) is 5.69 Å². The minimum absolute atomic E-state index is 0.180. The van der Waals surface area contributed by atoms with E-state index in [-0.39, 0.29) is 11.8 Å². The molecule has 1 aromatic heterocycles. The van der Waals surface area contributed by atoms with Crippen LogP contribution in [0.1, 0.15) is 43.0 Å². The van der Waals surface area contributed by atoms with E-state index in [0.29, 0.717) is 30.0 Å². The summed E-state index contributed by atoms with van der Waals surface area (Å²) in [4.78, 5) is 28.2. The number of hydrogen-bond acceptors (Lipinski definition) is 5. The van der Waals surface area contributed by atoms with E-state index >= 15 is 0 Å². The van der Waals surface area contributed by atoms with Crippen molar-refractivity contribution in [2.45, 2.75) is 26.1 Å². The SMILES string of the molecule is COc1ccc(C(=O)NCc2cccc(C(=O)Nc3ccc4c(c3)CN(C)CC4)c2)cc1Cn1cccn1. The van der Waals surface area contributed by atoms with Gasteiger partial charge in [0.25, 0.3) is 11.8 Å². The molecule has 38 heavy (non-hydrogen) atoms. The van der Waals surface area contributed by atoms with Gasteiger partial charge in [0.1, 0.15) is 5.75 Å². The first kappa shape index (κ1) is 25.2. The first-order valence-corrected chi connectivity index (χ1v) is 12.6. The average molecular weight is 510 g/mol. The van der Waals surface area contributed by atoms with Crippen molar-refractivity contribution in [2.24, 2.45) is 0 Å². The number of hydrogen-bond donors (Lipinski definition) is 2. The third-order valence-corrected chi connectivity index (χ3v) is 6.74. The molecule has 5 rings (SSSR count). The molecule has 8 heteroatoms. The molecule has 4 aromatic rings. The molecular formula is C30H31N5O3. The summed E-state index contributed by atoms with van der Waals surface area (Å²) >= 11 is 0. The Hall–Kier alpha value is -4.43. The molecule has 0 unspecified atom stereocenters. The number of anilines is 1. The predicted octanol–water partition coefficient (Wildman–Crippen LogP) is 4.11. The van der Waals surface area contributed by atoms with Crippen LogP contribution in [-0.2, 0) is 26.1 Å². The topological polar surface area (TPSA) is 88.5 Å². The summed E-state index contributed by atoms with van der Waals surface area (Å²) in [5, 5.41) is 10.2. The second-order valence-corrected chi connectivity index (χ2v) is 9.54. The van der Waals surface area contributed by atoms with E-state index in [4.69, 9.17) is 4.74 Å². The van der Waals surface area contributed by atoms with Gasteiger partial charge in [-0.15, -0.1) is 0 Å². The molecule has 2 amide bonds. The number of aromatic nitrogens is 2. The van der Waals surface area contributed by atoms with Crippen molar-refractivity contribution in [3.8, 4) is 5.75 Å². The van der Waals surface area contributed by atoms with Crippen LogP contribution in [0.3, 0.4) is 0 Å². The van der Waals surface area contributed by atoms with Gasteiger partial charge >= 0.3 is 0 Å². The molecular weight excluding hydrogens is 478 g/mol. The molecule has 0 fully saturated rings. The van der Waals surface area contributed by atoms with Gasteiger partial charge in [0, 0.05) is 54.4 Å². The van der Waals surface area contributed by atoms with E-state index in [0.717, 1.165) is 36.3 Å². The van der Waals surface area contributed by atoms with Crippen LogP contribution in [-0.4, -0.2) is 47.2 Å². The monoisotopic (exact) mass is 509 g/mol. The first-order chi connectivity index (χ1) is 18.5. The fourth-order valence-corrected chi connectivity index (χ4v) is 4.70. The van der Waals surface area contributed by atoms with Crippen LogP contribution in [0.25, 0.3) is 0 Å². The van der Waals surface area contributed by atoms with E-state index in [9.17, 15) is 9.59 Å². The second-order valence-electron chi connectivity index (χ2n) is 9.54. The molecule has 2 N–H and O–H groups in total. The summed E-state index contributed by atoms with van der Waals surface area (Å²) in [6.07, 6.45) is 4.60. The Morgan fingerprint density at radius 2 is 1.84 bits per heavy atom. The quantitative estimate of drug-likeness (QED) is 0.373. The molecule has 3 aromatic carbocycles. The minimum Gasteiger partial charge on any atom is -0.496 e. The summed E-state index contributed by atoms with van der Waals surface area (Å²) < 4.78 is 7.23. The number of amides is 2. The molecule has 1 aliphatic heterocycles. The Balaban J connectivity index is 1.22. The normalized spacial score (nSPS) is 13.0. The number of methoxy groups -OCH3 is 1. The zero-order valence-electron chi connectivity index (χ0n) is 21.6. The van der Waals surface area contributed by atoms with Gasteiger partial charge in [0.15, 0.2) is 0 Å². The standard InChI is InChI=1S/C30H31N5O3/c1-34-14-11-22-7-9-27(17-25(22)19-34)33-30(37)23-6-3-5-21(15-23)18-31-29(36)24-8-10-28(38-2)26(16-24)20-35-13-4-12-32-35/h3-10,12-13,15-17H,11,14,18-20H2,1-2H3,(H,31,36)(H,33,37). The summed E-state index contributed by atoms with van der Waals surface area (Å²) in [6.45, 7) is 2.72. The molecule has 1 aliphatic rings. The molecule has 2 heterocycles. The van der Waals surface area contributed by atoms with Gasteiger partial charge in [0.2, 0.25) is 0 Å². The highest BCUT2D eigenvalue weighted by Crippen LogP contribution is 2.23. The molecule has 0 spiro atoms. The molecule has 0 saturated heterocycles. The number of rotatable bonds is 8. The van der Waals surface area contributed by atoms with Crippen molar-refractivity contribution in [3.05, 3.63) is 113 Å². The van der Waals surface area contributed by atoms with Crippen LogP contribution < -0.4 is 15.4 Å². The van der Waals surface area contributed by atoms with Crippen molar-refractivity contribution < 1.29 is 14.3 Å². The number of carbonyl (C=O) groups is 2. The van der Waals surface area contributed by atoms with Gasteiger partial charge in [-0.25, -0.2) is 0 Å². The zero-order chi connectivity index (χ0) is 26.5. The number of likely N-dealkylation sites (N-methyl/N-ethyl adjacent to an activating group) is 1. The molecule has 0 atom stereocenters. The Kier molecular flexibility index (Phi) is 7.51. The lowest BCUT2D eigenvalue weighted by Gasteiger charge is -2.25. The maximum absolute atomic E-state index is 13.0. The Labute approximate surface area is 222 Å². The first-order valence-electron chi connectivity index (χ1n) is 12.6. The average Bonchev–Trinajstić information content (AvgIpc) is 3.44. The fraction of sp³-hybridized carbons (Fsp3) is 0.233. The third kappa shape index (κ3) is 5.92. The van der Waals surface area contributed by atoms with Crippen molar-refractivity contribution in [1.29, 1.82) is 0 Å². The lowest BCUT2D eigenvalue weighted by molar-refractivity contribution is 0.0950. The molecule has 8 nitrogen and oxygen atoms in total. The van der Waals surface area contributed by atoms with Gasteiger partial charge in [-0.1, -0.05) is 18.2 Å². The van der Waals surface area contributed by atoms with E-state index < -0.39 is 0 Å². The van der Waals surface area contributed by atoms with Gasteiger partial charge in [-0.3, -0.25) is 14.3 Å². The van der Waals surface area contributed by atoms with Crippen molar-refractivity contribution in [1.82, 2.24) is 20.0 Å². The predicted molar refractivity (Wildman–Crippen MR) is 146 cm³/mol. The Bertz CT molecular complexity index is 1450. The van der Waals surface area contributed by atoms with Gasteiger partial charge in [-0.2, -0.15) is 5.10 Å². The van der Waals surface area contributed by atoms with E-state index in [2.05, 4.69) is 39.8 Å². The van der Waals surface area contributed by atoms with Crippen LogP contribution in [0, 0.1) is 0 Å². The van der Waals surface area contributed by atoms with Crippen LogP contribution in [0.5, 0.6) is 5.75 Å². The van der Waals surface area contributed by atoms with Crippen molar-refractivity contribution >= 4 is 17.5 Å². The third-order valence-electron chi connectivity index (χ3n) is 6.74. The Morgan fingerprint density at radius 1 is 0.974 bits per heavy atom. The zero-order valence-corrected chi connectivity index (χ0v) is 21.6.